The number of benzene rings is 1. The van der Waals surface area contributed by atoms with Gasteiger partial charge in [-0.15, -0.1) is 0 Å². The lowest BCUT2D eigenvalue weighted by Crippen LogP contribution is -2.38. The zero-order chi connectivity index (χ0) is 15.6. The summed E-state index contributed by atoms with van der Waals surface area (Å²) in [5.41, 5.74) is 1.84. The van der Waals surface area contributed by atoms with Crippen LogP contribution in [0.4, 0.5) is 0 Å². The largest absolute Gasteiger partial charge is 0.380 e. The molecule has 1 aromatic heterocycles. The molecule has 0 aliphatic carbocycles. The number of rotatable bonds is 7. The first-order valence-electron chi connectivity index (χ1n) is 7.36. The molecule has 6 nitrogen and oxygen atoms in total. The Labute approximate surface area is 130 Å². The third kappa shape index (κ3) is 4.89. The number of guanidine groups is 1. The van der Waals surface area contributed by atoms with E-state index in [1.165, 1.54) is 0 Å². The number of hydrogen-bond acceptors (Lipinski definition) is 4. The number of aromatic nitrogens is 1. The van der Waals surface area contributed by atoms with Gasteiger partial charge < -0.3 is 19.9 Å². The third-order valence-electron chi connectivity index (χ3n) is 3.02. The van der Waals surface area contributed by atoms with Crippen molar-refractivity contribution in [3.05, 3.63) is 42.1 Å². The maximum Gasteiger partial charge on any atom is 0.191 e. The highest BCUT2D eigenvalue weighted by molar-refractivity contribution is 5.79. The first kappa shape index (κ1) is 16.0. The van der Waals surface area contributed by atoms with Gasteiger partial charge in [0.1, 0.15) is 5.69 Å². The van der Waals surface area contributed by atoms with Crippen LogP contribution in [0.1, 0.15) is 12.6 Å². The molecule has 2 N–H and O–H groups in total. The van der Waals surface area contributed by atoms with Gasteiger partial charge >= 0.3 is 0 Å². The average molecular weight is 302 g/mol. The Bertz CT molecular complexity index is 581. The zero-order valence-corrected chi connectivity index (χ0v) is 13.0. The Kier molecular flexibility index (Phi) is 6.44. The average Bonchev–Trinajstić information content (AvgIpc) is 3.04. The maximum absolute atomic E-state index is 5.36. The molecule has 22 heavy (non-hydrogen) atoms. The second kappa shape index (κ2) is 8.84. The van der Waals surface area contributed by atoms with Gasteiger partial charge in [0.2, 0.25) is 0 Å². The van der Waals surface area contributed by atoms with Crippen molar-refractivity contribution in [2.24, 2.45) is 4.99 Å². The van der Waals surface area contributed by atoms with Crippen LogP contribution in [-0.4, -0.2) is 37.9 Å². The minimum atomic E-state index is 0.546. The fourth-order valence-electron chi connectivity index (χ4n) is 1.91. The van der Waals surface area contributed by atoms with E-state index in [1.807, 2.05) is 43.3 Å². The normalized spacial score (nSPS) is 11.5. The number of ether oxygens (including phenoxy) is 1. The Hall–Kier alpha value is -2.34. The van der Waals surface area contributed by atoms with E-state index >= 15 is 0 Å². The van der Waals surface area contributed by atoms with Gasteiger partial charge in [0.15, 0.2) is 11.7 Å². The predicted molar refractivity (Wildman–Crippen MR) is 86.6 cm³/mol. The highest BCUT2D eigenvalue weighted by Crippen LogP contribution is 2.19. The second-order valence-electron chi connectivity index (χ2n) is 4.60. The standard InChI is InChI=1S/C16H22N4O2/c1-3-21-10-9-18-16(17-2)19-12-14-11-15(22-20-14)13-7-5-4-6-8-13/h4-8,11H,3,9-10,12H2,1-2H3,(H2,17,18,19). The van der Waals surface area contributed by atoms with E-state index in [9.17, 15) is 0 Å². The smallest absolute Gasteiger partial charge is 0.191 e. The lowest BCUT2D eigenvalue weighted by atomic mass is 10.2. The van der Waals surface area contributed by atoms with Crippen molar-refractivity contribution in [3.8, 4) is 11.3 Å². The molecule has 0 aliphatic heterocycles. The molecule has 118 valence electrons. The van der Waals surface area contributed by atoms with Gasteiger partial charge in [-0.3, -0.25) is 4.99 Å². The van der Waals surface area contributed by atoms with Crippen LogP contribution in [-0.2, 0) is 11.3 Å². The monoisotopic (exact) mass is 302 g/mol. The molecule has 1 heterocycles. The third-order valence-corrected chi connectivity index (χ3v) is 3.02. The van der Waals surface area contributed by atoms with E-state index in [2.05, 4.69) is 20.8 Å². The molecule has 0 spiro atoms. The van der Waals surface area contributed by atoms with Crippen molar-refractivity contribution in [3.63, 3.8) is 0 Å². The van der Waals surface area contributed by atoms with Crippen LogP contribution in [0.3, 0.4) is 0 Å². The molecular formula is C16H22N4O2. The summed E-state index contributed by atoms with van der Waals surface area (Å²) in [4.78, 5) is 4.15. The number of hydrogen-bond donors (Lipinski definition) is 2. The van der Waals surface area contributed by atoms with E-state index in [-0.39, 0.29) is 0 Å². The van der Waals surface area contributed by atoms with Crippen LogP contribution in [0.5, 0.6) is 0 Å². The van der Waals surface area contributed by atoms with Gasteiger partial charge in [-0.1, -0.05) is 35.5 Å². The zero-order valence-electron chi connectivity index (χ0n) is 13.0. The van der Waals surface area contributed by atoms with E-state index in [1.54, 1.807) is 7.05 Å². The summed E-state index contributed by atoms with van der Waals surface area (Å²) in [6.07, 6.45) is 0. The Morgan fingerprint density at radius 1 is 1.27 bits per heavy atom. The molecule has 6 heteroatoms. The van der Waals surface area contributed by atoms with Crippen LogP contribution < -0.4 is 10.6 Å². The Morgan fingerprint density at radius 3 is 2.82 bits per heavy atom. The molecule has 0 amide bonds. The predicted octanol–water partition coefficient (Wildman–Crippen LogP) is 2.04. The summed E-state index contributed by atoms with van der Waals surface area (Å²) >= 11 is 0. The number of nitrogens with one attached hydrogen (secondary N) is 2. The molecular weight excluding hydrogens is 280 g/mol. The van der Waals surface area contributed by atoms with Crippen molar-refractivity contribution < 1.29 is 9.26 Å². The van der Waals surface area contributed by atoms with Crippen LogP contribution >= 0.6 is 0 Å². The van der Waals surface area contributed by atoms with Gasteiger partial charge in [-0.05, 0) is 6.92 Å². The minimum absolute atomic E-state index is 0.546. The summed E-state index contributed by atoms with van der Waals surface area (Å²) < 4.78 is 10.6. The summed E-state index contributed by atoms with van der Waals surface area (Å²) in [6.45, 7) is 4.60. The lowest BCUT2D eigenvalue weighted by molar-refractivity contribution is 0.152. The fraction of sp³-hybridized carbons (Fsp3) is 0.375. The molecule has 0 atom stereocenters. The fourth-order valence-corrected chi connectivity index (χ4v) is 1.91. The number of aliphatic imine (C=N–C) groups is 1. The van der Waals surface area contributed by atoms with Gasteiger partial charge in [0, 0.05) is 31.8 Å². The molecule has 0 saturated carbocycles. The maximum atomic E-state index is 5.36. The van der Waals surface area contributed by atoms with Crippen LogP contribution in [0.2, 0.25) is 0 Å². The first-order valence-corrected chi connectivity index (χ1v) is 7.36. The summed E-state index contributed by atoms with van der Waals surface area (Å²) in [5.74, 6) is 1.47. The summed E-state index contributed by atoms with van der Waals surface area (Å²) in [5, 5.41) is 10.4. The van der Waals surface area contributed by atoms with Gasteiger partial charge in [0.05, 0.1) is 13.2 Å². The quantitative estimate of drug-likeness (QED) is 0.465. The molecule has 1 aromatic carbocycles. The van der Waals surface area contributed by atoms with Gasteiger partial charge in [-0.2, -0.15) is 0 Å². The molecule has 0 saturated heterocycles. The Morgan fingerprint density at radius 2 is 2.09 bits per heavy atom. The van der Waals surface area contributed by atoms with Crippen molar-refractivity contribution in [1.29, 1.82) is 0 Å². The van der Waals surface area contributed by atoms with E-state index in [0.29, 0.717) is 25.7 Å². The molecule has 2 rings (SSSR count). The lowest BCUT2D eigenvalue weighted by Gasteiger charge is -2.10. The van der Waals surface area contributed by atoms with E-state index in [4.69, 9.17) is 9.26 Å². The van der Waals surface area contributed by atoms with E-state index < -0.39 is 0 Å². The second-order valence-corrected chi connectivity index (χ2v) is 4.60. The summed E-state index contributed by atoms with van der Waals surface area (Å²) in [7, 11) is 1.73. The topological polar surface area (TPSA) is 71.7 Å². The van der Waals surface area contributed by atoms with E-state index in [0.717, 1.165) is 23.6 Å². The SMILES string of the molecule is CCOCCNC(=NC)NCc1cc(-c2ccccc2)on1. The van der Waals surface area contributed by atoms with Gasteiger partial charge in [-0.25, -0.2) is 0 Å². The minimum Gasteiger partial charge on any atom is -0.380 e. The molecule has 0 radical (unpaired) electrons. The Balaban J connectivity index is 1.82. The molecule has 0 unspecified atom stereocenters. The van der Waals surface area contributed by atoms with Crippen LogP contribution in [0.15, 0.2) is 45.9 Å². The highest BCUT2D eigenvalue weighted by atomic mass is 16.5. The van der Waals surface area contributed by atoms with Crippen LogP contribution in [0.25, 0.3) is 11.3 Å². The van der Waals surface area contributed by atoms with Crippen molar-refractivity contribution in [2.75, 3.05) is 26.8 Å². The first-order chi connectivity index (χ1) is 10.8. The molecule has 2 aromatic rings. The van der Waals surface area contributed by atoms with Crippen LogP contribution in [0, 0.1) is 0 Å². The number of nitrogens with zero attached hydrogens (tertiary/aromatic N) is 2. The molecule has 0 aliphatic rings. The van der Waals surface area contributed by atoms with Crippen molar-refractivity contribution in [2.45, 2.75) is 13.5 Å². The highest BCUT2D eigenvalue weighted by Gasteiger charge is 2.06. The van der Waals surface area contributed by atoms with Crippen molar-refractivity contribution in [1.82, 2.24) is 15.8 Å². The van der Waals surface area contributed by atoms with Crippen molar-refractivity contribution >= 4 is 5.96 Å². The molecule has 0 fully saturated rings. The molecule has 0 bridgehead atoms. The van der Waals surface area contributed by atoms with Gasteiger partial charge in [0.25, 0.3) is 0 Å². The summed E-state index contributed by atoms with van der Waals surface area (Å²) in [6, 6.07) is 11.8.